The summed E-state index contributed by atoms with van der Waals surface area (Å²) < 4.78 is 27.2. The Morgan fingerprint density at radius 2 is 1.90 bits per heavy atom. The van der Waals surface area contributed by atoms with Crippen molar-refractivity contribution in [3.05, 3.63) is 39.1 Å². The van der Waals surface area contributed by atoms with Crippen molar-refractivity contribution in [2.45, 2.75) is 0 Å². The van der Waals surface area contributed by atoms with E-state index in [1.807, 2.05) is 0 Å². The second-order valence-electron chi connectivity index (χ2n) is 3.98. The van der Waals surface area contributed by atoms with Crippen LogP contribution in [0.15, 0.2) is 16.9 Å². The highest BCUT2D eigenvalue weighted by Crippen LogP contribution is 2.26. The minimum absolute atomic E-state index is 0.0102. The number of anilines is 1. The van der Waals surface area contributed by atoms with Gasteiger partial charge in [0.1, 0.15) is 17.5 Å². The predicted octanol–water partition coefficient (Wildman–Crippen LogP) is 1.83. The molecule has 3 aromatic rings. The van der Waals surface area contributed by atoms with Crippen molar-refractivity contribution in [3.63, 3.8) is 0 Å². The lowest BCUT2D eigenvalue weighted by Crippen LogP contribution is -2.10. The summed E-state index contributed by atoms with van der Waals surface area (Å²) in [5, 5.41) is -0.345. The summed E-state index contributed by atoms with van der Waals surface area (Å²) in [6, 6.07) is 1.71. The molecule has 3 rings (SSSR count). The number of nitrogen functional groups attached to an aromatic ring is 1. The van der Waals surface area contributed by atoms with Crippen LogP contribution in [0.3, 0.4) is 0 Å². The van der Waals surface area contributed by atoms with E-state index in [9.17, 15) is 13.6 Å². The number of nitrogens with two attached hydrogens (primary N) is 1. The van der Waals surface area contributed by atoms with Crippen LogP contribution >= 0.6 is 11.6 Å². The van der Waals surface area contributed by atoms with Gasteiger partial charge in [0, 0.05) is 0 Å². The summed E-state index contributed by atoms with van der Waals surface area (Å²) in [4.78, 5) is 24.2. The van der Waals surface area contributed by atoms with E-state index in [2.05, 4.69) is 19.9 Å². The molecule has 0 spiro atoms. The first-order chi connectivity index (χ1) is 9.45. The number of imidazole rings is 1. The van der Waals surface area contributed by atoms with Crippen molar-refractivity contribution >= 4 is 28.7 Å². The second kappa shape index (κ2) is 4.27. The maximum atomic E-state index is 13.8. The van der Waals surface area contributed by atoms with Crippen molar-refractivity contribution in [2.75, 3.05) is 5.73 Å². The summed E-state index contributed by atoms with van der Waals surface area (Å²) in [5.74, 6) is -1.75. The molecule has 0 aliphatic carbocycles. The summed E-state index contributed by atoms with van der Waals surface area (Å²) in [6.45, 7) is 0. The van der Waals surface area contributed by atoms with E-state index in [1.54, 1.807) is 0 Å². The van der Waals surface area contributed by atoms with Crippen LogP contribution in [0.5, 0.6) is 0 Å². The minimum Gasteiger partial charge on any atom is -0.369 e. The van der Waals surface area contributed by atoms with Gasteiger partial charge in [-0.25, -0.2) is 13.8 Å². The van der Waals surface area contributed by atoms with E-state index in [0.717, 1.165) is 12.1 Å². The molecule has 2 aromatic heterocycles. The van der Waals surface area contributed by atoms with Gasteiger partial charge < -0.3 is 10.7 Å². The van der Waals surface area contributed by atoms with Crippen molar-refractivity contribution in [2.24, 2.45) is 0 Å². The standard InChI is InChI=1S/C11H6ClF2N5O/c12-4-2-5(13)3(1-6(4)14)8-16-7-9(17-8)18-11(15)19-10(7)20/h1-2H,(H4,15,16,17,18,19,20). The third kappa shape index (κ3) is 1.90. The fourth-order valence-corrected chi connectivity index (χ4v) is 1.91. The fraction of sp³-hybridized carbons (Fsp3) is 0. The van der Waals surface area contributed by atoms with E-state index < -0.39 is 17.2 Å². The monoisotopic (exact) mass is 297 g/mol. The van der Waals surface area contributed by atoms with Crippen LogP contribution in [0.25, 0.3) is 22.6 Å². The lowest BCUT2D eigenvalue weighted by molar-refractivity contribution is 0.602. The topological polar surface area (TPSA) is 100 Å². The minimum atomic E-state index is -0.801. The maximum Gasteiger partial charge on any atom is 0.278 e. The molecular formula is C11H6ClF2N5O. The summed E-state index contributed by atoms with van der Waals surface area (Å²) in [5.41, 5.74) is 4.68. The zero-order chi connectivity index (χ0) is 14.4. The number of aromatic nitrogens is 4. The molecule has 0 atom stereocenters. The zero-order valence-electron chi connectivity index (χ0n) is 9.67. The second-order valence-corrected chi connectivity index (χ2v) is 4.39. The SMILES string of the molecule is Nc1nc2nc(-c3cc(F)c(Cl)cc3F)[nH]c2c(=O)[nH]1. The molecule has 0 saturated heterocycles. The third-order valence-corrected chi connectivity index (χ3v) is 2.93. The highest BCUT2D eigenvalue weighted by molar-refractivity contribution is 6.30. The summed E-state index contributed by atoms with van der Waals surface area (Å²) >= 11 is 5.47. The van der Waals surface area contributed by atoms with E-state index in [0.29, 0.717) is 0 Å². The Hall–Kier alpha value is -2.48. The Morgan fingerprint density at radius 3 is 2.65 bits per heavy atom. The molecule has 9 heteroatoms. The molecule has 0 aliphatic heterocycles. The average Bonchev–Trinajstić information content (AvgIpc) is 2.77. The van der Waals surface area contributed by atoms with Gasteiger partial charge in [-0.15, -0.1) is 0 Å². The molecule has 0 radical (unpaired) electrons. The van der Waals surface area contributed by atoms with Crippen LogP contribution in [-0.2, 0) is 0 Å². The van der Waals surface area contributed by atoms with Crippen molar-refractivity contribution < 1.29 is 8.78 Å². The molecule has 0 amide bonds. The first-order valence-electron chi connectivity index (χ1n) is 5.36. The molecule has 0 bridgehead atoms. The Kier molecular flexibility index (Phi) is 2.68. The van der Waals surface area contributed by atoms with E-state index >= 15 is 0 Å². The number of rotatable bonds is 1. The lowest BCUT2D eigenvalue weighted by atomic mass is 10.2. The van der Waals surface area contributed by atoms with Gasteiger partial charge in [0.2, 0.25) is 5.95 Å². The Morgan fingerprint density at radius 1 is 1.15 bits per heavy atom. The van der Waals surface area contributed by atoms with Crippen LogP contribution < -0.4 is 11.3 Å². The number of fused-ring (bicyclic) bond motifs is 1. The molecule has 0 aliphatic rings. The van der Waals surface area contributed by atoms with Crippen molar-refractivity contribution in [1.82, 2.24) is 19.9 Å². The van der Waals surface area contributed by atoms with Crippen molar-refractivity contribution in [3.8, 4) is 11.4 Å². The number of nitrogens with one attached hydrogen (secondary N) is 2. The number of nitrogens with zero attached hydrogens (tertiary/aromatic N) is 2. The highest BCUT2D eigenvalue weighted by Gasteiger charge is 2.16. The molecule has 0 saturated carbocycles. The van der Waals surface area contributed by atoms with E-state index in [4.69, 9.17) is 17.3 Å². The third-order valence-electron chi connectivity index (χ3n) is 2.64. The molecular weight excluding hydrogens is 292 g/mol. The number of hydrogen-bond donors (Lipinski definition) is 3. The van der Waals surface area contributed by atoms with Gasteiger partial charge in [-0.1, -0.05) is 11.6 Å². The van der Waals surface area contributed by atoms with Crippen LogP contribution in [0.1, 0.15) is 0 Å². The first kappa shape index (κ1) is 12.5. The van der Waals surface area contributed by atoms with Crippen molar-refractivity contribution in [1.29, 1.82) is 0 Å². The number of H-pyrrole nitrogens is 2. The van der Waals surface area contributed by atoms with Gasteiger partial charge in [-0.2, -0.15) is 4.98 Å². The maximum absolute atomic E-state index is 13.8. The van der Waals surface area contributed by atoms with Crippen LogP contribution in [0.2, 0.25) is 5.02 Å². The Bertz CT molecular complexity index is 888. The van der Waals surface area contributed by atoms with Gasteiger partial charge in [0.25, 0.3) is 5.56 Å². The van der Waals surface area contributed by atoms with Gasteiger partial charge in [-0.05, 0) is 12.1 Å². The first-order valence-corrected chi connectivity index (χ1v) is 5.74. The molecule has 20 heavy (non-hydrogen) atoms. The normalized spacial score (nSPS) is 11.2. The van der Waals surface area contributed by atoms with Crippen LogP contribution in [0, 0.1) is 11.6 Å². The van der Waals surface area contributed by atoms with Gasteiger partial charge >= 0.3 is 0 Å². The summed E-state index contributed by atoms with van der Waals surface area (Å²) in [7, 11) is 0. The largest absolute Gasteiger partial charge is 0.369 e. The van der Waals surface area contributed by atoms with Crippen LogP contribution in [-0.4, -0.2) is 19.9 Å². The van der Waals surface area contributed by atoms with Crippen LogP contribution in [0.4, 0.5) is 14.7 Å². The highest BCUT2D eigenvalue weighted by atomic mass is 35.5. The number of aromatic amines is 2. The van der Waals surface area contributed by atoms with E-state index in [1.165, 1.54) is 0 Å². The number of hydrogen-bond acceptors (Lipinski definition) is 4. The zero-order valence-corrected chi connectivity index (χ0v) is 10.4. The Balaban J connectivity index is 2.28. The molecule has 0 unspecified atom stereocenters. The number of halogens is 3. The molecule has 1 aromatic carbocycles. The van der Waals surface area contributed by atoms with Gasteiger partial charge in [0.15, 0.2) is 11.2 Å². The number of benzene rings is 1. The smallest absolute Gasteiger partial charge is 0.278 e. The van der Waals surface area contributed by atoms with E-state index in [-0.39, 0.29) is 33.5 Å². The molecule has 2 heterocycles. The van der Waals surface area contributed by atoms with Gasteiger partial charge in [0.05, 0.1) is 10.6 Å². The Labute approximate surface area is 114 Å². The lowest BCUT2D eigenvalue weighted by Gasteiger charge is -2.01. The predicted molar refractivity (Wildman–Crippen MR) is 69.3 cm³/mol. The molecule has 4 N–H and O–H groups in total. The molecule has 6 nitrogen and oxygen atoms in total. The quantitative estimate of drug-likeness (QED) is 0.596. The fourth-order valence-electron chi connectivity index (χ4n) is 1.76. The average molecular weight is 298 g/mol. The summed E-state index contributed by atoms with van der Waals surface area (Å²) in [6.07, 6.45) is 0. The molecule has 0 fully saturated rings. The molecule has 102 valence electrons. The van der Waals surface area contributed by atoms with Gasteiger partial charge in [-0.3, -0.25) is 9.78 Å².